The molecule has 3 rings (SSSR count). The van der Waals surface area contributed by atoms with Crippen LogP contribution in [0, 0.1) is 5.21 Å². The highest BCUT2D eigenvalue weighted by Gasteiger charge is 2.14. The average Bonchev–Trinajstić information content (AvgIpc) is 2.80. The molecule has 0 atom stereocenters. The number of unbranched alkanes of at least 4 members (excludes halogenated alkanes) is 1. The first kappa shape index (κ1) is 11.0. The van der Waals surface area contributed by atoms with Gasteiger partial charge in [-0.2, -0.15) is 4.73 Å². The number of hydrogen-bond donors (Lipinski definition) is 0. The number of pyridine rings is 1. The summed E-state index contributed by atoms with van der Waals surface area (Å²) in [7, 11) is 0. The molecule has 4 heteroatoms. The Morgan fingerprint density at radius 2 is 2.17 bits per heavy atom. The van der Waals surface area contributed by atoms with Gasteiger partial charge in [0.2, 0.25) is 11.7 Å². The summed E-state index contributed by atoms with van der Waals surface area (Å²) in [4.78, 5) is 4.37. The summed E-state index contributed by atoms with van der Waals surface area (Å²) >= 11 is 0. The van der Waals surface area contributed by atoms with E-state index in [9.17, 15) is 5.21 Å². The molecule has 0 saturated heterocycles. The zero-order valence-corrected chi connectivity index (χ0v) is 10.2. The molecule has 0 N–H and O–H groups in total. The molecule has 0 fully saturated rings. The van der Waals surface area contributed by atoms with Crippen LogP contribution in [-0.4, -0.2) is 4.98 Å². The van der Waals surface area contributed by atoms with Gasteiger partial charge in [0, 0.05) is 12.5 Å². The zero-order chi connectivity index (χ0) is 12.5. The van der Waals surface area contributed by atoms with E-state index in [-0.39, 0.29) is 0 Å². The van der Waals surface area contributed by atoms with Gasteiger partial charge in [0.25, 0.3) is 0 Å². The van der Waals surface area contributed by atoms with Crippen LogP contribution in [0.3, 0.4) is 0 Å². The average molecular weight is 242 g/mol. The van der Waals surface area contributed by atoms with Crippen molar-refractivity contribution in [1.29, 1.82) is 0 Å². The normalized spacial score (nSPS) is 11.4. The molecule has 0 aliphatic heterocycles. The maximum absolute atomic E-state index is 11.9. The van der Waals surface area contributed by atoms with Gasteiger partial charge in [-0.25, -0.2) is 4.98 Å². The van der Waals surface area contributed by atoms with E-state index in [0.717, 1.165) is 29.4 Å². The lowest BCUT2D eigenvalue weighted by molar-refractivity contribution is -0.575. The minimum atomic E-state index is 0.614. The van der Waals surface area contributed by atoms with Crippen molar-refractivity contribution in [1.82, 2.24) is 4.98 Å². The molecule has 2 heterocycles. The van der Waals surface area contributed by atoms with Gasteiger partial charge >= 0.3 is 0 Å². The number of rotatable bonds is 3. The third kappa shape index (κ3) is 1.70. The predicted molar refractivity (Wildman–Crippen MR) is 69.1 cm³/mol. The molecule has 0 unspecified atom stereocenters. The number of benzene rings is 1. The Labute approximate surface area is 104 Å². The van der Waals surface area contributed by atoms with E-state index in [2.05, 4.69) is 11.9 Å². The molecule has 0 amide bonds. The van der Waals surface area contributed by atoms with Crippen LogP contribution >= 0.6 is 0 Å². The number of aryl methyl sites for hydroxylation is 1. The highest BCUT2D eigenvalue weighted by molar-refractivity contribution is 5.98. The molecule has 18 heavy (non-hydrogen) atoms. The molecule has 3 aromatic rings. The number of aromatic nitrogens is 2. The van der Waals surface area contributed by atoms with Gasteiger partial charge in [-0.15, -0.1) is 0 Å². The summed E-state index contributed by atoms with van der Waals surface area (Å²) in [6.45, 7) is 2.13. The molecule has 2 aromatic heterocycles. The fourth-order valence-electron chi connectivity index (χ4n) is 2.13. The van der Waals surface area contributed by atoms with Crippen molar-refractivity contribution in [3.8, 4) is 0 Å². The molecule has 1 aromatic carbocycles. The molecular weight excluding hydrogens is 228 g/mol. The van der Waals surface area contributed by atoms with E-state index >= 15 is 0 Å². The summed E-state index contributed by atoms with van der Waals surface area (Å²) in [5.41, 5.74) is 1.96. The quantitative estimate of drug-likeness (QED) is 0.524. The maximum Gasteiger partial charge on any atom is 0.227 e. The van der Waals surface area contributed by atoms with E-state index in [1.807, 2.05) is 18.2 Å². The van der Waals surface area contributed by atoms with Gasteiger partial charge in [-0.1, -0.05) is 25.5 Å². The van der Waals surface area contributed by atoms with Crippen molar-refractivity contribution >= 4 is 22.0 Å². The van der Waals surface area contributed by atoms with Crippen molar-refractivity contribution < 1.29 is 9.15 Å². The van der Waals surface area contributed by atoms with E-state index in [0.29, 0.717) is 22.5 Å². The number of fused-ring (bicyclic) bond motifs is 3. The zero-order valence-electron chi connectivity index (χ0n) is 10.2. The molecular formula is C14H14N2O2. The van der Waals surface area contributed by atoms with Crippen LogP contribution in [-0.2, 0) is 6.42 Å². The summed E-state index contributed by atoms with van der Waals surface area (Å²) in [6, 6.07) is 7.42. The van der Waals surface area contributed by atoms with Crippen molar-refractivity contribution in [2.75, 3.05) is 0 Å². The number of para-hydroxylation sites is 1. The van der Waals surface area contributed by atoms with Crippen LogP contribution < -0.4 is 4.73 Å². The number of hydrogen-bond acceptors (Lipinski definition) is 3. The number of nitrogens with zero attached hydrogens (tertiary/aromatic N) is 2. The first-order valence-electron chi connectivity index (χ1n) is 6.20. The lowest BCUT2D eigenvalue weighted by Gasteiger charge is -2.00. The Bertz CT molecular complexity index is 703. The van der Waals surface area contributed by atoms with Crippen LogP contribution in [0.5, 0.6) is 0 Å². The van der Waals surface area contributed by atoms with Crippen molar-refractivity contribution in [2.24, 2.45) is 0 Å². The van der Waals surface area contributed by atoms with E-state index in [1.165, 1.54) is 6.20 Å². The van der Waals surface area contributed by atoms with Crippen LogP contribution in [0.1, 0.15) is 25.7 Å². The van der Waals surface area contributed by atoms with E-state index in [1.54, 1.807) is 6.07 Å². The Morgan fingerprint density at radius 1 is 1.33 bits per heavy atom. The van der Waals surface area contributed by atoms with Gasteiger partial charge in [0.05, 0.1) is 5.39 Å². The first-order chi connectivity index (χ1) is 8.79. The van der Waals surface area contributed by atoms with Crippen LogP contribution in [0.25, 0.3) is 22.0 Å². The summed E-state index contributed by atoms with van der Waals surface area (Å²) in [5.74, 6) is 0.711. The van der Waals surface area contributed by atoms with Gasteiger partial charge in [0.1, 0.15) is 0 Å². The second-order valence-electron chi connectivity index (χ2n) is 4.40. The maximum atomic E-state index is 11.9. The van der Waals surface area contributed by atoms with Gasteiger partial charge in [-0.05, 0) is 12.5 Å². The largest absolute Gasteiger partial charge is 0.618 e. The monoisotopic (exact) mass is 242 g/mol. The van der Waals surface area contributed by atoms with E-state index < -0.39 is 0 Å². The third-order valence-corrected chi connectivity index (χ3v) is 3.07. The standard InChI is InChI=1S/C14H14N2O2/c1-2-3-8-13-15-11-9-16(17)12-7-5-4-6-10(12)14(11)18-13/h4-7,9H,2-3,8H2,1H3. The second-order valence-corrected chi connectivity index (χ2v) is 4.40. The van der Waals surface area contributed by atoms with Gasteiger partial charge in [0.15, 0.2) is 17.0 Å². The van der Waals surface area contributed by atoms with Crippen LogP contribution in [0.15, 0.2) is 34.9 Å². The summed E-state index contributed by atoms with van der Waals surface area (Å²) in [5, 5.41) is 12.7. The first-order valence-corrected chi connectivity index (χ1v) is 6.20. The smallest absolute Gasteiger partial charge is 0.227 e. The van der Waals surface area contributed by atoms with Gasteiger partial charge in [-0.3, -0.25) is 0 Å². The molecule has 0 saturated carbocycles. The SMILES string of the molecule is CCCCc1nc2c[n+]([O-])c3ccccc3c2o1. The Kier molecular flexibility index (Phi) is 2.63. The number of oxazole rings is 1. The summed E-state index contributed by atoms with van der Waals surface area (Å²) < 4.78 is 6.63. The second kappa shape index (κ2) is 4.29. The Morgan fingerprint density at radius 3 is 3.00 bits per heavy atom. The predicted octanol–water partition coefficient (Wildman–Crippen LogP) is 2.96. The third-order valence-electron chi connectivity index (χ3n) is 3.07. The topological polar surface area (TPSA) is 53.0 Å². The molecule has 4 nitrogen and oxygen atoms in total. The van der Waals surface area contributed by atoms with Crippen molar-refractivity contribution in [2.45, 2.75) is 26.2 Å². The Hall–Kier alpha value is -2.10. The fourth-order valence-corrected chi connectivity index (χ4v) is 2.13. The lowest BCUT2D eigenvalue weighted by atomic mass is 10.2. The van der Waals surface area contributed by atoms with Gasteiger partial charge < -0.3 is 9.62 Å². The minimum absolute atomic E-state index is 0.614. The molecule has 0 bridgehead atoms. The minimum Gasteiger partial charge on any atom is -0.618 e. The molecule has 0 aliphatic carbocycles. The molecule has 0 spiro atoms. The fraction of sp³-hybridized carbons (Fsp3) is 0.286. The van der Waals surface area contributed by atoms with Crippen molar-refractivity contribution in [3.05, 3.63) is 41.6 Å². The lowest BCUT2D eigenvalue weighted by Crippen LogP contribution is -2.26. The highest BCUT2D eigenvalue weighted by Crippen LogP contribution is 2.23. The highest BCUT2D eigenvalue weighted by atomic mass is 16.5. The Balaban J connectivity index is 2.23. The molecule has 92 valence electrons. The molecule has 0 radical (unpaired) electrons. The van der Waals surface area contributed by atoms with E-state index in [4.69, 9.17) is 4.42 Å². The summed E-state index contributed by atoms with van der Waals surface area (Å²) in [6.07, 6.45) is 4.44. The van der Waals surface area contributed by atoms with Crippen LogP contribution in [0.4, 0.5) is 0 Å². The van der Waals surface area contributed by atoms with Crippen LogP contribution in [0.2, 0.25) is 0 Å². The van der Waals surface area contributed by atoms with Crippen molar-refractivity contribution in [3.63, 3.8) is 0 Å². The molecule has 0 aliphatic rings.